The summed E-state index contributed by atoms with van der Waals surface area (Å²) in [5, 5.41) is 1.75. The van der Waals surface area contributed by atoms with Gasteiger partial charge in [0, 0.05) is 16.7 Å². The highest BCUT2D eigenvalue weighted by molar-refractivity contribution is 9.09. The molecule has 0 spiro atoms. The Kier molecular flexibility index (Phi) is 8.69. The molecular weight excluding hydrogens is 392 g/mol. The van der Waals surface area contributed by atoms with Crippen LogP contribution in [0.25, 0.3) is 0 Å². The van der Waals surface area contributed by atoms with Gasteiger partial charge >= 0.3 is 5.97 Å². The summed E-state index contributed by atoms with van der Waals surface area (Å²) < 4.78 is 15.9. The Morgan fingerprint density at radius 2 is 1.50 bits per heavy atom. The van der Waals surface area contributed by atoms with Gasteiger partial charge in [-0.25, -0.2) is 4.79 Å². The van der Waals surface area contributed by atoms with Crippen LogP contribution in [0.15, 0.2) is 18.2 Å². The zero-order valence-corrected chi connectivity index (χ0v) is 14.5. The maximum absolute atomic E-state index is 11.6. The number of ether oxygens (including phenoxy) is 3. The molecule has 112 valence electrons. The van der Waals surface area contributed by atoms with E-state index in [1.807, 2.05) is 0 Å². The Morgan fingerprint density at radius 3 is 1.90 bits per heavy atom. The van der Waals surface area contributed by atoms with Crippen molar-refractivity contribution in [2.75, 3.05) is 31.0 Å². The highest BCUT2D eigenvalue weighted by Crippen LogP contribution is 2.24. The summed E-state index contributed by atoms with van der Waals surface area (Å²) in [6.07, 6.45) is 1.78. The minimum atomic E-state index is -0.402. The van der Waals surface area contributed by atoms with Gasteiger partial charge in [0.1, 0.15) is 11.5 Å². The number of halogens is 2. The van der Waals surface area contributed by atoms with E-state index in [0.717, 1.165) is 23.5 Å². The Morgan fingerprint density at radius 1 is 1.00 bits per heavy atom. The summed E-state index contributed by atoms with van der Waals surface area (Å²) in [5.74, 6) is 0.826. The molecule has 4 nitrogen and oxygen atoms in total. The van der Waals surface area contributed by atoms with Crippen molar-refractivity contribution in [1.82, 2.24) is 0 Å². The number of hydrogen-bond donors (Lipinski definition) is 0. The second-order valence-corrected chi connectivity index (χ2v) is 5.55. The number of rotatable bonds is 9. The lowest BCUT2D eigenvalue weighted by Crippen LogP contribution is -2.05. The molecule has 0 saturated carbocycles. The maximum atomic E-state index is 11.6. The number of carbonyl (C=O) groups is 1. The molecule has 0 aliphatic rings. The fourth-order valence-electron chi connectivity index (χ4n) is 1.46. The number of alkyl halides is 2. The first-order valence-corrected chi connectivity index (χ1v) is 8.56. The van der Waals surface area contributed by atoms with E-state index in [0.29, 0.717) is 30.3 Å². The molecule has 0 aliphatic heterocycles. The standard InChI is InChI=1S/C14H18Br2O4/c1-18-14(17)11-8-12(19-6-2-4-15)10-13(9-11)20-7-3-5-16/h8-10H,2-7H2,1H3. The lowest BCUT2D eigenvalue weighted by atomic mass is 10.2. The Balaban J connectivity index is 2.80. The zero-order chi connectivity index (χ0) is 14.8. The molecule has 0 aromatic heterocycles. The van der Waals surface area contributed by atoms with Crippen LogP contribution in [0, 0.1) is 0 Å². The third-order valence-corrected chi connectivity index (χ3v) is 3.52. The molecule has 0 saturated heterocycles. The topological polar surface area (TPSA) is 44.8 Å². The molecule has 0 bridgehead atoms. The van der Waals surface area contributed by atoms with Gasteiger partial charge < -0.3 is 14.2 Å². The van der Waals surface area contributed by atoms with Gasteiger partial charge in [-0.2, -0.15) is 0 Å². The molecule has 0 heterocycles. The van der Waals surface area contributed by atoms with Gasteiger partial charge in [0.05, 0.1) is 25.9 Å². The van der Waals surface area contributed by atoms with Crippen molar-refractivity contribution in [3.05, 3.63) is 23.8 Å². The van der Waals surface area contributed by atoms with E-state index in [1.54, 1.807) is 18.2 Å². The molecule has 0 aliphatic carbocycles. The Bertz CT molecular complexity index is 395. The number of benzene rings is 1. The fourth-order valence-corrected chi connectivity index (χ4v) is 1.92. The first kappa shape index (κ1) is 17.3. The largest absolute Gasteiger partial charge is 0.493 e. The van der Waals surface area contributed by atoms with Crippen LogP contribution < -0.4 is 9.47 Å². The van der Waals surface area contributed by atoms with Gasteiger partial charge in [-0.15, -0.1) is 0 Å². The normalized spacial score (nSPS) is 10.2. The molecule has 20 heavy (non-hydrogen) atoms. The summed E-state index contributed by atoms with van der Waals surface area (Å²) >= 11 is 6.69. The van der Waals surface area contributed by atoms with Crippen LogP contribution in [0.3, 0.4) is 0 Å². The lowest BCUT2D eigenvalue weighted by molar-refractivity contribution is 0.0599. The molecule has 1 rings (SSSR count). The molecule has 1 aromatic rings. The van der Waals surface area contributed by atoms with E-state index in [9.17, 15) is 4.79 Å². The van der Waals surface area contributed by atoms with Gasteiger partial charge in [0.15, 0.2) is 0 Å². The van der Waals surface area contributed by atoms with E-state index in [4.69, 9.17) is 14.2 Å². The highest BCUT2D eigenvalue weighted by atomic mass is 79.9. The van der Waals surface area contributed by atoms with Crippen molar-refractivity contribution in [1.29, 1.82) is 0 Å². The molecular formula is C14H18Br2O4. The van der Waals surface area contributed by atoms with Gasteiger partial charge in [-0.3, -0.25) is 0 Å². The van der Waals surface area contributed by atoms with Gasteiger partial charge in [0.2, 0.25) is 0 Å². The number of methoxy groups -OCH3 is 1. The fraction of sp³-hybridized carbons (Fsp3) is 0.500. The van der Waals surface area contributed by atoms with E-state index in [2.05, 4.69) is 31.9 Å². The summed E-state index contributed by atoms with van der Waals surface area (Å²) in [7, 11) is 1.35. The molecule has 0 amide bonds. The molecule has 6 heteroatoms. The second kappa shape index (κ2) is 10.0. The van der Waals surface area contributed by atoms with Crippen molar-refractivity contribution >= 4 is 37.8 Å². The van der Waals surface area contributed by atoms with E-state index in [-0.39, 0.29) is 0 Å². The lowest BCUT2D eigenvalue weighted by Gasteiger charge is -2.11. The Hall–Kier alpha value is -0.750. The zero-order valence-electron chi connectivity index (χ0n) is 11.4. The van der Waals surface area contributed by atoms with E-state index < -0.39 is 5.97 Å². The predicted molar refractivity (Wildman–Crippen MR) is 85.6 cm³/mol. The monoisotopic (exact) mass is 408 g/mol. The second-order valence-electron chi connectivity index (χ2n) is 3.97. The molecule has 0 unspecified atom stereocenters. The maximum Gasteiger partial charge on any atom is 0.338 e. The first-order valence-electron chi connectivity index (χ1n) is 6.32. The van der Waals surface area contributed by atoms with Gasteiger partial charge in [0.25, 0.3) is 0 Å². The minimum Gasteiger partial charge on any atom is -0.493 e. The molecule has 0 fully saturated rings. The molecule has 0 radical (unpaired) electrons. The minimum absolute atomic E-state index is 0.402. The SMILES string of the molecule is COC(=O)c1cc(OCCCBr)cc(OCCCBr)c1. The predicted octanol–water partition coefficient (Wildman–Crippen LogP) is 3.80. The summed E-state index contributed by atoms with van der Waals surface area (Å²) in [5.41, 5.74) is 0.428. The van der Waals surface area contributed by atoms with Gasteiger partial charge in [-0.1, -0.05) is 31.9 Å². The van der Waals surface area contributed by atoms with Crippen molar-refractivity contribution in [3.63, 3.8) is 0 Å². The summed E-state index contributed by atoms with van der Waals surface area (Å²) in [6.45, 7) is 1.16. The van der Waals surface area contributed by atoms with Crippen LogP contribution in [0.4, 0.5) is 0 Å². The smallest absolute Gasteiger partial charge is 0.338 e. The van der Waals surface area contributed by atoms with Crippen LogP contribution in [-0.2, 0) is 4.74 Å². The van der Waals surface area contributed by atoms with Crippen molar-refractivity contribution in [2.24, 2.45) is 0 Å². The third-order valence-electron chi connectivity index (χ3n) is 2.39. The first-order chi connectivity index (χ1) is 9.71. The van der Waals surface area contributed by atoms with Crippen LogP contribution in [-0.4, -0.2) is 37.0 Å². The van der Waals surface area contributed by atoms with Crippen molar-refractivity contribution in [2.45, 2.75) is 12.8 Å². The van der Waals surface area contributed by atoms with Crippen LogP contribution >= 0.6 is 31.9 Å². The van der Waals surface area contributed by atoms with E-state index >= 15 is 0 Å². The van der Waals surface area contributed by atoms with Crippen LogP contribution in [0.2, 0.25) is 0 Å². The average molecular weight is 410 g/mol. The van der Waals surface area contributed by atoms with Crippen molar-refractivity contribution < 1.29 is 19.0 Å². The van der Waals surface area contributed by atoms with Crippen molar-refractivity contribution in [3.8, 4) is 11.5 Å². The van der Waals surface area contributed by atoms with Crippen LogP contribution in [0.1, 0.15) is 23.2 Å². The molecule has 0 atom stereocenters. The molecule has 0 N–H and O–H groups in total. The highest BCUT2D eigenvalue weighted by Gasteiger charge is 2.10. The van der Waals surface area contributed by atoms with Gasteiger partial charge in [-0.05, 0) is 25.0 Å². The summed E-state index contributed by atoms with van der Waals surface area (Å²) in [4.78, 5) is 11.6. The average Bonchev–Trinajstić information content (AvgIpc) is 2.47. The number of esters is 1. The molecule has 1 aromatic carbocycles. The number of hydrogen-bond acceptors (Lipinski definition) is 4. The summed E-state index contributed by atoms with van der Waals surface area (Å²) in [6, 6.07) is 5.11. The number of carbonyl (C=O) groups excluding carboxylic acids is 1. The quantitative estimate of drug-likeness (QED) is 0.353. The van der Waals surface area contributed by atoms with Crippen LogP contribution in [0.5, 0.6) is 11.5 Å². The third kappa shape index (κ3) is 6.13. The van der Waals surface area contributed by atoms with E-state index in [1.165, 1.54) is 7.11 Å². The Labute approximate surface area is 136 Å².